The Morgan fingerprint density at radius 3 is 2.20 bits per heavy atom. The number of rotatable bonds is 8. The summed E-state index contributed by atoms with van der Waals surface area (Å²) in [5.74, 6) is -0.127. The second kappa shape index (κ2) is 12.6. The Balaban J connectivity index is 1.26. The predicted molar refractivity (Wildman–Crippen MR) is 151 cm³/mol. The normalized spacial score (nSPS) is 21.6. The highest BCUT2D eigenvalue weighted by atomic mass is 16.7. The molecule has 0 saturated carbocycles. The molecule has 10 heteroatoms. The molecule has 40 heavy (non-hydrogen) atoms. The van der Waals surface area contributed by atoms with Gasteiger partial charge in [0.2, 0.25) is 5.91 Å². The average molecular weight is 547 g/mol. The van der Waals surface area contributed by atoms with Crippen molar-refractivity contribution >= 4 is 23.0 Å². The molecule has 0 unspecified atom stereocenters. The molecule has 2 heterocycles. The third-order valence-electron chi connectivity index (χ3n) is 7.38. The van der Waals surface area contributed by atoms with E-state index in [1.54, 1.807) is 12.1 Å². The van der Waals surface area contributed by atoms with Gasteiger partial charge in [-0.15, -0.1) is 0 Å². The van der Waals surface area contributed by atoms with E-state index in [1.165, 1.54) is 6.92 Å². The number of benzene rings is 3. The average Bonchev–Trinajstić information content (AvgIpc) is 2.97. The van der Waals surface area contributed by atoms with E-state index in [1.807, 2.05) is 60.7 Å². The number of hydrogen-bond acceptors (Lipinski definition) is 8. The largest absolute Gasteiger partial charge is 0.392 e. The summed E-state index contributed by atoms with van der Waals surface area (Å²) in [6.45, 7) is 5.57. The second-order valence-corrected chi connectivity index (χ2v) is 10.2. The van der Waals surface area contributed by atoms with Crippen molar-refractivity contribution in [1.82, 2.24) is 4.90 Å². The van der Waals surface area contributed by atoms with Gasteiger partial charge in [0.05, 0.1) is 23.7 Å². The summed E-state index contributed by atoms with van der Waals surface area (Å²) >= 11 is 0. The maximum absolute atomic E-state index is 11.4. The molecule has 2 aliphatic heterocycles. The van der Waals surface area contributed by atoms with Crippen molar-refractivity contribution in [3.05, 3.63) is 99.6 Å². The second-order valence-electron chi connectivity index (χ2n) is 10.2. The number of non-ortho nitro benzene ring substituents is 1. The van der Waals surface area contributed by atoms with Gasteiger partial charge in [0.15, 0.2) is 6.29 Å². The number of aliphatic hydroxyl groups is 1. The lowest BCUT2D eigenvalue weighted by molar-refractivity contribution is -0.384. The number of aliphatic hydroxyl groups excluding tert-OH is 1. The molecular weight excluding hydrogens is 512 g/mol. The van der Waals surface area contributed by atoms with Crippen LogP contribution in [-0.2, 0) is 20.9 Å². The third-order valence-corrected chi connectivity index (χ3v) is 7.38. The van der Waals surface area contributed by atoms with Crippen molar-refractivity contribution < 1.29 is 24.3 Å². The van der Waals surface area contributed by atoms with Crippen LogP contribution in [0.5, 0.6) is 0 Å². The predicted octanol–water partition coefficient (Wildman–Crippen LogP) is 4.41. The first-order valence-corrected chi connectivity index (χ1v) is 13.5. The number of carbonyl (C=O) groups excluding carboxylic acids is 1. The molecule has 0 aromatic heterocycles. The minimum atomic E-state index is -0.561. The van der Waals surface area contributed by atoms with Crippen LogP contribution in [0.1, 0.15) is 42.4 Å². The Hall–Kier alpha value is -3.83. The number of nitro groups is 1. The first-order chi connectivity index (χ1) is 19.4. The van der Waals surface area contributed by atoms with E-state index in [9.17, 15) is 20.0 Å². The molecule has 2 saturated heterocycles. The molecule has 2 aliphatic rings. The van der Waals surface area contributed by atoms with E-state index in [4.69, 9.17) is 9.47 Å². The minimum absolute atomic E-state index is 0.00728. The van der Waals surface area contributed by atoms with Gasteiger partial charge >= 0.3 is 0 Å². The monoisotopic (exact) mass is 546 g/mol. The van der Waals surface area contributed by atoms with Crippen molar-refractivity contribution in [1.29, 1.82) is 0 Å². The quantitative estimate of drug-likeness (QED) is 0.315. The zero-order valence-corrected chi connectivity index (χ0v) is 22.4. The van der Waals surface area contributed by atoms with E-state index in [2.05, 4.69) is 15.1 Å². The number of nitro benzene ring substituents is 1. The van der Waals surface area contributed by atoms with Crippen LogP contribution in [-0.4, -0.2) is 59.7 Å². The van der Waals surface area contributed by atoms with E-state index in [-0.39, 0.29) is 35.3 Å². The molecule has 2 N–H and O–H groups in total. The van der Waals surface area contributed by atoms with Crippen LogP contribution < -0.4 is 10.2 Å². The number of amides is 1. The van der Waals surface area contributed by atoms with E-state index in [0.29, 0.717) is 12.1 Å². The smallest absolute Gasteiger partial charge is 0.269 e. The summed E-state index contributed by atoms with van der Waals surface area (Å²) in [6, 6.07) is 22.0. The van der Waals surface area contributed by atoms with Crippen LogP contribution in [0.15, 0.2) is 72.8 Å². The summed E-state index contributed by atoms with van der Waals surface area (Å²) in [5, 5.41) is 23.2. The van der Waals surface area contributed by atoms with Gasteiger partial charge in [0.1, 0.15) is 0 Å². The van der Waals surface area contributed by atoms with E-state index < -0.39 is 6.29 Å². The highest BCUT2D eigenvalue weighted by molar-refractivity contribution is 5.88. The van der Waals surface area contributed by atoms with E-state index >= 15 is 0 Å². The lowest BCUT2D eigenvalue weighted by Gasteiger charge is -2.41. The number of anilines is 2. The lowest BCUT2D eigenvalue weighted by atomic mass is 9.99. The van der Waals surface area contributed by atoms with Gasteiger partial charge in [-0.1, -0.05) is 36.4 Å². The molecule has 1 amide bonds. The lowest BCUT2D eigenvalue weighted by Crippen LogP contribution is -2.49. The molecule has 3 atom stereocenters. The minimum Gasteiger partial charge on any atom is -0.392 e. The number of nitrogens with zero attached hydrogens (tertiary/aromatic N) is 3. The fourth-order valence-electron chi connectivity index (χ4n) is 5.22. The number of carbonyl (C=O) groups is 1. The molecule has 10 nitrogen and oxygen atoms in total. The van der Waals surface area contributed by atoms with Gasteiger partial charge < -0.3 is 24.8 Å². The van der Waals surface area contributed by atoms with Gasteiger partial charge in [0.25, 0.3) is 5.69 Å². The highest BCUT2D eigenvalue weighted by Crippen LogP contribution is 2.38. The van der Waals surface area contributed by atoms with Crippen LogP contribution in [0.4, 0.5) is 17.1 Å². The van der Waals surface area contributed by atoms with Gasteiger partial charge in [-0.3, -0.25) is 19.8 Å². The summed E-state index contributed by atoms with van der Waals surface area (Å²) in [7, 11) is 0. The molecule has 5 rings (SSSR count). The first-order valence-electron chi connectivity index (χ1n) is 13.5. The first kappa shape index (κ1) is 27.7. The SMILES string of the molecule is CC(=O)Nc1ccc([C@@H]2O[C@H](CN3CCN(c4ccc([N+](=O)[O-])cc4)CC3)C[C@H](c3ccc(CO)cc3)O2)cc1. The Morgan fingerprint density at radius 2 is 1.60 bits per heavy atom. The van der Waals surface area contributed by atoms with Crippen molar-refractivity contribution in [2.24, 2.45) is 0 Å². The van der Waals surface area contributed by atoms with Crippen LogP contribution >= 0.6 is 0 Å². The highest BCUT2D eigenvalue weighted by Gasteiger charge is 2.33. The third kappa shape index (κ3) is 6.83. The molecule has 210 valence electrons. The Morgan fingerprint density at radius 1 is 0.950 bits per heavy atom. The molecule has 0 aliphatic carbocycles. The standard InChI is InChI=1S/C30H34N4O6/c1-21(36)31-25-8-6-24(7-9-25)30-39-28(18-29(40-30)23-4-2-22(20-35)3-5-23)19-32-14-16-33(17-15-32)26-10-12-27(13-11-26)34(37)38/h2-13,28-30,35H,14-20H2,1H3,(H,31,36)/t28-,29+,30+/m0/s1. The van der Waals surface area contributed by atoms with Crippen molar-refractivity contribution in [2.45, 2.75) is 38.4 Å². The molecule has 0 radical (unpaired) electrons. The van der Waals surface area contributed by atoms with Gasteiger partial charge in [-0.05, 0) is 35.4 Å². The van der Waals surface area contributed by atoms with Crippen molar-refractivity contribution in [3.8, 4) is 0 Å². The Kier molecular flexibility index (Phi) is 8.71. The zero-order valence-electron chi connectivity index (χ0n) is 22.4. The summed E-state index contributed by atoms with van der Waals surface area (Å²) in [5.41, 5.74) is 4.56. The molecule has 0 bridgehead atoms. The molecular formula is C30H34N4O6. The van der Waals surface area contributed by atoms with Crippen LogP contribution in [0, 0.1) is 10.1 Å². The van der Waals surface area contributed by atoms with Crippen LogP contribution in [0.2, 0.25) is 0 Å². The molecule has 3 aromatic rings. The van der Waals surface area contributed by atoms with Crippen LogP contribution in [0.3, 0.4) is 0 Å². The zero-order chi connectivity index (χ0) is 28.1. The van der Waals surface area contributed by atoms with Crippen molar-refractivity contribution in [3.63, 3.8) is 0 Å². The Labute approximate surface area is 233 Å². The maximum atomic E-state index is 11.4. The summed E-state index contributed by atoms with van der Waals surface area (Å²) < 4.78 is 12.9. The molecule has 3 aromatic carbocycles. The molecule has 2 fully saturated rings. The fraction of sp³-hybridized carbons (Fsp3) is 0.367. The summed E-state index contributed by atoms with van der Waals surface area (Å²) in [6.07, 6.45) is -0.106. The fourth-order valence-corrected chi connectivity index (χ4v) is 5.22. The van der Waals surface area contributed by atoms with Gasteiger partial charge in [-0.25, -0.2) is 0 Å². The Bertz CT molecular complexity index is 1290. The van der Waals surface area contributed by atoms with Crippen LogP contribution in [0.25, 0.3) is 0 Å². The maximum Gasteiger partial charge on any atom is 0.269 e. The number of ether oxygens (including phenoxy) is 2. The van der Waals surface area contributed by atoms with Gasteiger partial charge in [-0.2, -0.15) is 0 Å². The summed E-state index contributed by atoms with van der Waals surface area (Å²) in [4.78, 5) is 26.6. The molecule has 0 spiro atoms. The van der Waals surface area contributed by atoms with E-state index in [0.717, 1.165) is 55.1 Å². The number of nitrogens with one attached hydrogen (secondary N) is 1. The van der Waals surface area contributed by atoms with Crippen molar-refractivity contribution in [2.75, 3.05) is 42.9 Å². The number of piperazine rings is 1. The number of hydrogen-bond donors (Lipinski definition) is 2. The van der Waals surface area contributed by atoms with Gasteiger partial charge in [0, 0.05) is 75.1 Å². The topological polar surface area (TPSA) is 117 Å².